The highest BCUT2D eigenvalue weighted by atomic mass is 35.5. The van der Waals surface area contributed by atoms with E-state index in [0.717, 1.165) is 36.2 Å². The van der Waals surface area contributed by atoms with Gasteiger partial charge >= 0.3 is 5.97 Å². The fraction of sp³-hybridized carbons (Fsp3) is 0.273. The molecule has 0 saturated carbocycles. The summed E-state index contributed by atoms with van der Waals surface area (Å²) in [4.78, 5) is 16.3. The number of aryl methyl sites for hydroxylation is 1. The van der Waals surface area contributed by atoms with Crippen molar-refractivity contribution in [2.24, 2.45) is 0 Å². The van der Waals surface area contributed by atoms with Gasteiger partial charge in [-0.1, -0.05) is 67.4 Å². The fourth-order valence-corrected chi connectivity index (χ4v) is 3.52. The van der Waals surface area contributed by atoms with Crippen LogP contribution in [0.25, 0.3) is 11.1 Å². The maximum atomic E-state index is 11.9. The number of aromatic carboxylic acids is 1. The van der Waals surface area contributed by atoms with Crippen LogP contribution < -0.4 is 0 Å². The van der Waals surface area contributed by atoms with Gasteiger partial charge in [-0.25, -0.2) is 9.78 Å². The molecule has 1 aromatic heterocycles. The number of aliphatic hydroxyl groups is 1. The lowest BCUT2D eigenvalue weighted by molar-refractivity contribution is 0.0695. The third-order valence-corrected chi connectivity index (χ3v) is 5.08. The number of aromatic nitrogens is 2. The second kappa shape index (κ2) is 9.04. The maximum Gasteiger partial charge on any atom is 0.336 e. The summed E-state index contributed by atoms with van der Waals surface area (Å²) >= 11 is 6.19. The Balaban J connectivity index is 2.02. The number of hydrogen-bond donors (Lipinski definition) is 2. The number of imidazole rings is 1. The van der Waals surface area contributed by atoms with Gasteiger partial charge in [0.05, 0.1) is 24.4 Å². The summed E-state index contributed by atoms with van der Waals surface area (Å²) < 4.78 is 1.84. The van der Waals surface area contributed by atoms with Crippen LogP contribution in [0.5, 0.6) is 0 Å². The van der Waals surface area contributed by atoms with Gasteiger partial charge < -0.3 is 14.8 Å². The van der Waals surface area contributed by atoms with Crippen LogP contribution in [-0.2, 0) is 19.6 Å². The number of carbonyl (C=O) groups is 1. The van der Waals surface area contributed by atoms with Crippen molar-refractivity contribution in [2.75, 3.05) is 0 Å². The Morgan fingerprint density at radius 3 is 2.54 bits per heavy atom. The van der Waals surface area contributed by atoms with Crippen LogP contribution in [0.4, 0.5) is 0 Å². The van der Waals surface area contributed by atoms with Crippen molar-refractivity contribution in [1.82, 2.24) is 9.55 Å². The topological polar surface area (TPSA) is 75.4 Å². The molecule has 2 aromatic carbocycles. The van der Waals surface area contributed by atoms with Gasteiger partial charge in [0.2, 0.25) is 0 Å². The molecule has 0 saturated heterocycles. The van der Waals surface area contributed by atoms with E-state index in [0.29, 0.717) is 17.8 Å². The van der Waals surface area contributed by atoms with E-state index in [1.165, 1.54) is 0 Å². The van der Waals surface area contributed by atoms with E-state index >= 15 is 0 Å². The largest absolute Gasteiger partial charge is 0.478 e. The van der Waals surface area contributed by atoms with Crippen molar-refractivity contribution in [3.63, 3.8) is 0 Å². The first-order chi connectivity index (χ1) is 13.5. The average Bonchev–Trinajstić information content (AvgIpc) is 3.01. The van der Waals surface area contributed by atoms with E-state index in [1.54, 1.807) is 6.07 Å². The number of carboxylic acids is 1. The summed E-state index contributed by atoms with van der Waals surface area (Å²) in [6, 6.07) is 15.1. The van der Waals surface area contributed by atoms with Gasteiger partial charge in [0, 0.05) is 6.42 Å². The highest BCUT2D eigenvalue weighted by Crippen LogP contribution is 2.26. The fourth-order valence-electron chi connectivity index (χ4n) is 3.26. The Labute approximate surface area is 169 Å². The van der Waals surface area contributed by atoms with E-state index in [9.17, 15) is 15.0 Å². The Kier molecular flexibility index (Phi) is 6.49. The molecule has 2 N–H and O–H groups in total. The van der Waals surface area contributed by atoms with Crippen molar-refractivity contribution in [3.8, 4) is 11.1 Å². The molecule has 0 radical (unpaired) electrons. The Hall–Kier alpha value is -2.63. The minimum Gasteiger partial charge on any atom is -0.478 e. The van der Waals surface area contributed by atoms with E-state index < -0.39 is 5.97 Å². The van der Waals surface area contributed by atoms with Gasteiger partial charge in [-0.2, -0.15) is 0 Å². The lowest BCUT2D eigenvalue weighted by Gasteiger charge is -2.14. The van der Waals surface area contributed by atoms with E-state index in [4.69, 9.17) is 11.6 Å². The van der Waals surface area contributed by atoms with Gasteiger partial charge in [-0.05, 0) is 29.2 Å². The van der Waals surface area contributed by atoms with Crippen molar-refractivity contribution in [1.29, 1.82) is 0 Å². The highest BCUT2D eigenvalue weighted by Gasteiger charge is 2.18. The standard InChI is InChI=1S/C22H23ClN2O3/c1-2-3-9-20-24-21(23)19(14-26)25(20)13-17-11-10-16(12-18(17)22(27)28)15-7-5-4-6-8-15/h4-8,10-12,26H,2-3,9,13-14H2,1H3,(H,27,28). The molecule has 0 unspecified atom stereocenters. The summed E-state index contributed by atoms with van der Waals surface area (Å²) in [6.07, 6.45) is 2.67. The molecule has 0 aliphatic rings. The van der Waals surface area contributed by atoms with E-state index in [1.807, 2.05) is 47.0 Å². The molecule has 0 aliphatic heterocycles. The summed E-state index contributed by atoms with van der Waals surface area (Å²) in [6.45, 7) is 2.14. The molecule has 146 valence electrons. The molecule has 1 heterocycles. The average molecular weight is 399 g/mol. The first kappa shape index (κ1) is 20.1. The number of rotatable bonds is 8. The van der Waals surface area contributed by atoms with Gasteiger partial charge in [-0.3, -0.25) is 0 Å². The minimum atomic E-state index is -0.986. The third kappa shape index (κ3) is 4.26. The van der Waals surface area contributed by atoms with Crippen molar-refractivity contribution in [2.45, 2.75) is 39.3 Å². The number of aliphatic hydroxyl groups excluding tert-OH is 1. The zero-order valence-electron chi connectivity index (χ0n) is 15.7. The molecule has 5 nitrogen and oxygen atoms in total. The Morgan fingerprint density at radius 2 is 1.89 bits per heavy atom. The predicted molar refractivity (Wildman–Crippen MR) is 110 cm³/mol. The monoisotopic (exact) mass is 398 g/mol. The quantitative estimate of drug-likeness (QED) is 0.572. The molecule has 0 fully saturated rings. The molecular formula is C22H23ClN2O3. The number of unbranched alkanes of at least 4 members (excludes halogenated alkanes) is 1. The van der Waals surface area contributed by atoms with Crippen LogP contribution in [0, 0.1) is 0 Å². The van der Waals surface area contributed by atoms with Crippen LogP contribution in [0.15, 0.2) is 48.5 Å². The summed E-state index contributed by atoms with van der Waals surface area (Å²) in [5.41, 5.74) is 3.20. The van der Waals surface area contributed by atoms with E-state index in [-0.39, 0.29) is 17.3 Å². The zero-order valence-corrected chi connectivity index (χ0v) is 16.5. The molecule has 28 heavy (non-hydrogen) atoms. The normalized spacial score (nSPS) is 11.0. The van der Waals surface area contributed by atoms with Gasteiger partial charge in [0.25, 0.3) is 0 Å². The summed E-state index contributed by atoms with van der Waals surface area (Å²) in [5.74, 6) is -0.223. The molecule has 0 spiro atoms. The van der Waals surface area contributed by atoms with Crippen LogP contribution in [0.2, 0.25) is 5.15 Å². The Morgan fingerprint density at radius 1 is 1.14 bits per heavy atom. The SMILES string of the molecule is CCCCc1nc(Cl)c(CO)n1Cc1ccc(-c2ccccc2)cc1C(=O)O. The van der Waals surface area contributed by atoms with Crippen LogP contribution >= 0.6 is 11.6 Å². The number of benzene rings is 2. The summed E-state index contributed by atoms with van der Waals surface area (Å²) in [5, 5.41) is 19.8. The summed E-state index contributed by atoms with van der Waals surface area (Å²) in [7, 11) is 0. The number of halogens is 1. The predicted octanol–water partition coefficient (Wildman–Crippen LogP) is 4.78. The maximum absolute atomic E-state index is 11.9. The molecule has 0 atom stereocenters. The first-order valence-electron chi connectivity index (χ1n) is 9.31. The molecule has 0 bridgehead atoms. The molecule has 0 amide bonds. The molecular weight excluding hydrogens is 376 g/mol. The van der Waals surface area contributed by atoms with Crippen molar-refractivity contribution in [3.05, 3.63) is 76.3 Å². The first-order valence-corrected chi connectivity index (χ1v) is 9.69. The Bertz CT molecular complexity index is 967. The lowest BCUT2D eigenvalue weighted by Crippen LogP contribution is -2.12. The minimum absolute atomic E-state index is 0.233. The van der Waals surface area contributed by atoms with Gasteiger partial charge in [0.15, 0.2) is 5.15 Å². The third-order valence-electron chi connectivity index (χ3n) is 4.78. The van der Waals surface area contributed by atoms with Crippen LogP contribution in [0.3, 0.4) is 0 Å². The van der Waals surface area contributed by atoms with Crippen molar-refractivity contribution >= 4 is 17.6 Å². The van der Waals surface area contributed by atoms with E-state index in [2.05, 4.69) is 11.9 Å². The lowest BCUT2D eigenvalue weighted by atomic mass is 9.99. The second-order valence-electron chi connectivity index (χ2n) is 6.66. The van der Waals surface area contributed by atoms with Gasteiger partial charge in [-0.15, -0.1) is 0 Å². The molecule has 0 aliphatic carbocycles. The zero-order chi connectivity index (χ0) is 20.1. The van der Waals surface area contributed by atoms with Gasteiger partial charge in [0.1, 0.15) is 5.82 Å². The highest BCUT2D eigenvalue weighted by molar-refractivity contribution is 6.30. The number of carboxylic acid groups (broad SMARTS) is 1. The molecule has 3 aromatic rings. The number of hydrogen-bond acceptors (Lipinski definition) is 3. The molecule has 6 heteroatoms. The van der Waals surface area contributed by atoms with Crippen LogP contribution in [0.1, 0.15) is 47.2 Å². The van der Waals surface area contributed by atoms with Crippen LogP contribution in [-0.4, -0.2) is 25.7 Å². The smallest absolute Gasteiger partial charge is 0.336 e. The van der Waals surface area contributed by atoms with Crippen molar-refractivity contribution < 1.29 is 15.0 Å². The molecule has 3 rings (SSSR count). The number of nitrogens with zero attached hydrogens (tertiary/aromatic N) is 2. The second-order valence-corrected chi connectivity index (χ2v) is 7.01.